The largest absolute Gasteiger partial charge is 0.382 e. The number of nitrogens with one attached hydrogen (secondary N) is 2. The molecule has 1 aliphatic heterocycles. The van der Waals surface area contributed by atoms with Gasteiger partial charge in [0, 0.05) is 39.4 Å². The van der Waals surface area contributed by atoms with Gasteiger partial charge in [-0.1, -0.05) is 13.3 Å². The van der Waals surface area contributed by atoms with Gasteiger partial charge in [0.15, 0.2) is 5.96 Å². The van der Waals surface area contributed by atoms with Crippen LogP contribution in [0.15, 0.2) is 4.99 Å². The lowest BCUT2D eigenvalue weighted by Gasteiger charge is -2.28. The molecule has 1 atom stereocenters. The highest BCUT2D eigenvalue weighted by Gasteiger charge is 2.13. The van der Waals surface area contributed by atoms with E-state index in [0.717, 1.165) is 45.2 Å². The molecule has 5 nitrogen and oxygen atoms in total. The number of hydrogen-bond acceptors (Lipinski definition) is 3. The molecule has 1 fully saturated rings. The Balaban J connectivity index is 0.00000484. The van der Waals surface area contributed by atoms with Crippen molar-refractivity contribution in [1.29, 1.82) is 0 Å². The lowest BCUT2D eigenvalue weighted by Crippen LogP contribution is -2.39. The molecular weight excluding hydrogens is 403 g/mol. The normalized spacial score (nSPS) is 17.4. The van der Waals surface area contributed by atoms with Crippen molar-refractivity contribution in [2.75, 3.05) is 52.5 Å². The average Bonchev–Trinajstić information content (AvgIpc) is 2.53. The quantitative estimate of drug-likeness (QED) is 0.237. The molecule has 0 aromatic carbocycles. The monoisotopic (exact) mass is 440 g/mol. The predicted molar refractivity (Wildman–Crippen MR) is 110 cm³/mol. The smallest absolute Gasteiger partial charge is 0.191 e. The third-order valence-corrected chi connectivity index (χ3v) is 3.89. The molecule has 1 rings (SSSR count). The van der Waals surface area contributed by atoms with E-state index in [4.69, 9.17) is 9.73 Å². The van der Waals surface area contributed by atoms with Gasteiger partial charge < -0.3 is 20.3 Å². The first-order valence-electron chi connectivity index (χ1n) is 9.08. The van der Waals surface area contributed by atoms with Crippen molar-refractivity contribution in [2.45, 2.75) is 46.5 Å². The van der Waals surface area contributed by atoms with Crippen LogP contribution in [0.25, 0.3) is 0 Å². The Morgan fingerprint density at radius 1 is 1.17 bits per heavy atom. The van der Waals surface area contributed by atoms with E-state index in [-0.39, 0.29) is 24.0 Å². The van der Waals surface area contributed by atoms with Gasteiger partial charge in [0.25, 0.3) is 0 Å². The molecule has 0 aromatic rings. The topological polar surface area (TPSA) is 48.9 Å². The fraction of sp³-hybridized carbons (Fsp3) is 0.941. The maximum atomic E-state index is 5.35. The van der Waals surface area contributed by atoms with Crippen molar-refractivity contribution in [3.05, 3.63) is 0 Å². The molecule has 1 aliphatic rings. The zero-order valence-corrected chi connectivity index (χ0v) is 17.6. The third-order valence-electron chi connectivity index (χ3n) is 3.89. The SMILES string of the molecule is CCNC(=NCC(C)CN1CCCCC1)NCCCOCC.I. The highest BCUT2D eigenvalue weighted by molar-refractivity contribution is 14.0. The Morgan fingerprint density at radius 3 is 2.57 bits per heavy atom. The summed E-state index contributed by atoms with van der Waals surface area (Å²) in [6.07, 6.45) is 5.14. The number of guanidine groups is 1. The molecule has 138 valence electrons. The standard InChI is InChI=1S/C17H36N4O.HI/c1-4-18-17(19-10-9-13-22-5-2)20-14-16(3)15-21-11-7-6-8-12-21;/h16H,4-15H2,1-3H3,(H2,18,19,20);1H. The van der Waals surface area contributed by atoms with E-state index in [0.29, 0.717) is 5.92 Å². The molecule has 0 aliphatic carbocycles. The Bertz CT molecular complexity index is 296. The molecule has 1 saturated heterocycles. The van der Waals surface area contributed by atoms with Crippen molar-refractivity contribution in [3.63, 3.8) is 0 Å². The highest BCUT2D eigenvalue weighted by Crippen LogP contribution is 2.10. The summed E-state index contributed by atoms with van der Waals surface area (Å²) in [6.45, 7) is 14.5. The van der Waals surface area contributed by atoms with Crippen molar-refractivity contribution in [3.8, 4) is 0 Å². The first-order valence-corrected chi connectivity index (χ1v) is 9.08. The zero-order valence-electron chi connectivity index (χ0n) is 15.3. The molecule has 0 spiro atoms. The molecule has 23 heavy (non-hydrogen) atoms. The first-order chi connectivity index (χ1) is 10.8. The van der Waals surface area contributed by atoms with E-state index in [1.807, 2.05) is 6.92 Å². The Hall–Kier alpha value is -0.0800. The molecule has 0 amide bonds. The van der Waals surface area contributed by atoms with Crippen LogP contribution in [0.2, 0.25) is 0 Å². The molecule has 6 heteroatoms. The molecule has 1 unspecified atom stereocenters. The number of hydrogen-bond donors (Lipinski definition) is 2. The van der Waals surface area contributed by atoms with E-state index in [9.17, 15) is 0 Å². The van der Waals surface area contributed by atoms with Crippen molar-refractivity contribution >= 4 is 29.9 Å². The maximum absolute atomic E-state index is 5.35. The predicted octanol–water partition coefficient (Wildman–Crippen LogP) is 2.71. The summed E-state index contributed by atoms with van der Waals surface area (Å²) in [4.78, 5) is 7.31. The van der Waals surface area contributed by atoms with Crippen LogP contribution in [0.4, 0.5) is 0 Å². The van der Waals surface area contributed by atoms with Gasteiger partial charge in [0.2, 0.25) is 0 Å². The van der Waals surface area contributed by atoms with Gasteiger partial charge in [-0.15, -0.1) is 24.0 Å². The molecule has 0 radical (unpaired) electrons. The van der Waals surface area contributed by atoms with Crippen LogP contribution >= 0.6 is 24.0 Å². The van der Waals surface area contributed by atoms with Crippen LogP contribution in [0, 0.1) is 5.92 Å². The van der Waals surface area contributed by atoms with Crippen molar-refractivity contribution in [2.24, 2.45) is 10.9 Å². The van der Waals surface area contributed by atoms with E-state index in [2.05, 4.69) is 29.4 Å². The van der Waals surface area contributed by atoms with Crippen LogP contribution in [-0.4, -0.2) is 63.3 Å². The van der Waals surface area contributed by atoms with Crippen LogP contribution in [-0.2, 0) is 4.74 Å². The van der Waals surface area contributed by atoms with E-state index >= 15 is 0 Å². The fourth-order valence-electron chi connectivity index (χ4n) is 2.75. The second-order valence-corrected chi connectivity index (χ2v) is 6.16. The number of nitrogens with zero attached hydrogens (tertiary/aromatic N) is 2. The number of halogens is 1. The second-order valence-electron chi connectivity index (χ2n) is 6.16. The van der Waals surface area contributed by atoms with Gasteiger partial charge in [-0.2, -0.15) is 0 Å². The fourth-order valence-corrected chi connectivity index (χ4v) is 2.75. The molecule has 1 heterocycles. The highest BCUT2D eigenvalue weighted by atomic mass is 127. The lowest BCUT2D eigenvalue weighted by molar-refractivity contribution is 0.145. The van der Waals surface area contributed by atoms with Crippen LogP contribution < -0.4 is 10.6 Å². The lowest BCUT2D eigenvalue weighted by atomic mass is 10.1. The number of aliphatic imine (C=N–C) groups is 1. The van der Waals surface area contributed by atoms with Crippen LogP contribution in [0.5, 0.6) is 0 Å². The Labute approximate surface area is 160 Å². The van der Waals surface area contributed by atoms with Gasteiger partial charge in [-0.25, -0.2) is 0 Å². The summed E-state index contributed by atoms with van der Waals surface area (Å²) in [6, 6.07) is 0. The number of piperidine rings is 1. The van der Waals surface area contributed by atoms with E-state index < -0.39 is 0 Å². The number of rotatable bonds is 10. The summed E-state index contributed by atoms with van der Waals surface area (Å²) in [5.41, 5.74) is 0. The second kappa shape index (κ2) is 15.4. The molecule has 0 bridgehead atoms. The van der Waals surface area contributed by atoms with Crippen LogP contribution in [0.3, 0.4) is 0 Å². The van der Waals surface area contributed by atoms with E-state index in [1.54, 1.807) is 0 Å². The van der Waals surface area contributed by atoms with E-state index in [1.165, 1.54) is 38.9 Å². The summed E-state index contributed by atoms with van der Waals surface area (Å²) >= 11 is 0. The van der Waals surface area contributed by atoms with Gasteiger partial charge >= 0.3 is 0 Å². The van der Waals surface area contributed by atoms with Gasteiger partial charge in [-0.05, 0) is 52.1 Å². The summed E-state index contributed by atoms with van der Waals surface area (Å²) in [5.74, 6) is 1.54. The first kappa shape index (κ1) is 22.9. The van der Waals surface area contributed by atoms with Crippen molar-refractivity contribution in [1.82, 2.24) is 15.5 Å². The summed E-state index contributed by atoms with van der Waals surface area (Å²) in [7, 11) is 0. The summed E-state index contributed by atoms with van der Waals surface area (Å²) in [5, 5.41) is 6.70. The van der Waals surface area contributed by atoms with Crippen LogP contribution in [0.1, 0.15) is 46.5 Å². The minimum absolute atomic E-state index is 0. The maximum Gasteiger partial charge on any atom is 0.191 e. The van der Waals surface area contributed by atoms with Gasteiger partial charge in [0.05, 0.1) is 0 Å². The van der Waals surface area contributed by atoms with Gasteiger partial charge in [-0.3, -0.25) is 4.99 Å². The molecular formula is C17H37IN4O. The van der Waals surface area contributed by atoms with Gasteiger partial charge in [0.1, 0.15) is 0 Å². The van der Waals surface area contributed by atoms with Crippen molar-refractivity contribution < 1.29 is 4.74 Å². The minimum atomic E-state index is 0. The molecule has 0 aromatic heterocycles. The Kier molecular flexibility index (Phi) is 15.4. The molecule has 0 saturated carbocycles. The number of ether oxygens (including phenoxy) is 1. The Morgan fingerprint density at radius 2 is 1.91 bits per heavy atom. The number of likely N-dealkylation sites (tertiary alicyclic amines) is 1. The molecule has 2 N–H and O–H groups in total. The average molecular weight is 440 g/mol. The zero-order chi connectivity index (χ0) is 16.0. The third kappa shape index (κ3) is 12.0. The summed E-state index contributed by atoms with van der Waals surface area (Å²) < 4.78 is 5.35. The minimum Gasteiger partial charge on any atom is -0.382 e.